The molecular weight excluding hydrogens is 273 g/mol. The molecule has 0 fully saturated rings. The zero-order valence-corrected chi connectivity index (χ0v) is 9.66. The molecule has 5 N–H and O–H groups in total. The predicted molar refractivity (Wildman–Crippen MR) is 56.2 cm³/mol. The maximum Gasteiger partial charge on any atom is 0.406 e. The second-order valence-corrected chi connectivity index (χ2v) is 3.39. The molecule has 0 atom stereocenters. The first-order chi connectivity index (χ1) is 8.61. The number of amides is 4. The number of hydrogen-bond donors (Lipinski definition) is 4. The Kier molecular flexibility index (Phi) is 6.44. The highest BCUT2D eigenvalue weighted by Crippen LogP contribution is 2.16. The molecule has 0 heterocycles. The van der Waals surface area contributed by atoms with Gasteiger partial charge in [0.25, 0.3) is 0 Å². The van der Waals surface area contributed by atoms with Gasteiger partial charge in [-0.25, -0.2) is 9.59 Å². The second-order valence-electron chi connectivity index (χ2n) is 3.39. The highest BCUT2D eigenvalue weighted by molar-refractivity contribution is 5.80. The van der Waals surface area contributed by atoms with Crippen LogP contribution in [0.1, 0.15) is 0 Å². The smallest absolute Gasteiger partial charge is 0.406 e. The quantitative estimate of drug-likeness (QED) is 0.482. The first-order valence-electron chi connectivity index (χ1n) is 4.96. The molecule has 0 bridgehead atoms. The summed E-state index contributed by atoms with van der Waals surface area (Å²) in [5, 5.41) is 12.5. The van der Waals surface area contributed by atoms with Crippen LogP contribution in [0.5, 0.6) is 0 Å². The zero-order valence-electron chi connectivity index (χ0n) is 9.66. The Morgan fingerprint density at radius 1 is 1.16 bits per heavy atom. The van der Waals surface area contributed by atoms with Crippen LogP contribution in [0.2, 0.25) is 0 Å². The molecule has 110 valence electrons. The molecule has 0 spiro atoms. The van der Waals surface area contributed by atoms with E-state index < -0.39 is 37.3 Å². The Labute approximate surface area is 105 Å². The average Bonchev–Trinajstić information content (AvgIpc) is 2.20. The maximum absolute atomic E-state index is 12.1. The summed E-state index contributed by atoms with van der Waals surface area (Å²) < 4.78 is 36.4. The van der Waals surface area contributed by atoms with Gasteiger partial charge in [-0.05, 0) is 0 Å². The molecule has 11 heteroatoms. The summed E-state index contributed by atoms with van der Waals surface area (Å²) in [5.41, 5.74) is 4.72. The van der Waals surface area contributed by atoms with Gasteiger partial charge in [-0.2, -0.15) is 13.2 Å². The van der Waals surface area contributed by atoms with Crippen LogP contribution >= 0.6 is 0 Å². The number of hydrogen-bond acceptors (Lipinski definition) is 3. The largest absolute Gasteiger partial charge is 0.480 e. The van der Waals surface area contributed by atoms with Crippen LogP contribution in [0, 0.1) is 0 Å². The monoisotopic (exact) mass is 286 g/mol. The topological polar surface area (TPSA) is 125 Å². The third-order valence-corrected chi connectivity index (χ3v) is 1.68. The van der Waals surface area contributed by atoms with Crippen molar-refractivity contribution >= 4 is 18.0 Å². The minimum absolute atomic E-state index is 0.0893. The van der Waals surface area contributed by atoms with Crippen molar-refractivity contribution < 1.29 is 32.7 Å². The van der Waals surface area contributed by atoms with Crippen molar-refractivity contribution in [1.29, 1.82) is 0 Å². The molecule has 0 saturated heterocycles. The Morgan fingerprint density at radius 2 is 1.68 bits per heavy atom. The van der Waals surface area contributed by atoms with E-state index in [2.05, 4.69) is 5.32 Å². The van der Waals surface area contributed by atoms with Crippen LogP contribution in [0.3, 0.4) is 0 Å². The molecule has 0 aliphatic rings. The number of halogens is 3. The Bertz CT molecular complexity index is 347. The molecule has 0 aliphatic heterocycles. The van der Waals surface area contributed by atoms with E-state index in [-0.39, 0.29) is 18.0 Å². The highest BCUT2D eigenvalue weighted by atomic mass is 19.4. The number of nitrogens with two attached hydrogens (primary N) is 1. The lowest BCUT2D eigenvalue weighted by molar-refractivity contribution is -0.148. The molecule has 0 aromatic carbocycles. The summed E-state index contributed by atoms with van der Waals surface area (Å²) in [6.45, 7) is -3.05. The number of carboxylic acid groups (broad SMARTS) is 1. The van der Waals surface area contributed by atoms with Crippen molar-refractivity contribution in [2.75, 3.05) is 26.2 Å². The third-order valence-electron chi connectivity index (χ3n) is 1.68. The van der Waals surface area contributed by atoms with Gasteiger partial charge < -0.3 is 26.4 Å². The summed E-state index contributed by atoms with van der Waals surface area (Å²) in [4.78, 5) is 32.0. The normalized spacial score (nSPS) is 10.7. The number of urea groups is 2. The molecule has 0 aromatic rings. The van der Waals surface area contributed by atoms with Crippen molar-refractivity contribution in [3.63, 3.8) is 0 Å². The number of rotatable bonds is 6. The lowest BCUT2D eigenvalue weighted by Crippen LogP contribution is -2.48. The van der Waals surface area contributed by atoms with Gasteiger partial charge >= 0.3 is 24.2 Å². The lowest BCUT2D eigenvalue weighted by Gasteiger charge is -2.22. The number of nitrogens with one attached hydrogen (secondary N) is 2. The van der Waals surface area contributed by atoms with Crippen LogP contribution in [0.25, 0.3) is 0 Å². The van der Waals surface area contributed by atoms with E-state index in [9.17, 15) is 27.6 Å². The van der Waals surface area contributed by atoms with Gasteiger partial charge in [-0.3, -0.25) is 4.79 Å². The predicted octanol–water partition coefficient (Wildman–Crippen LogP) is -0.687. The van der Waals surface area contributed by atoms with Crippen LogP contribution in [0.4, 0.5) is 22.8 Å². The number of carbonyl (C=O) groups excluding carboxylic acids is 2. The van der Waals surface area contributed by atoms with Gasteiger partial charge in [-0.1, -0.05) is 0 Å². The van der Waals surface area contributed by atoms with Crippen LogP contribution in [-0.2, 0) is 4.79 Å². The number of nitrogens with zero attached hydrogens (tertiary/aromatic N) is 1. The standard InChI is InChI=1S/C8H13F3N4O4/c9-8(10,11)4-15(3-5(16)17)7(19)14-2-1-13-6(12)18/h1-4H2,(H,14,19)(H,16,17)(H3,12,13,18). The van der Waals surface area contributed by atoms with Gasteiger partial charge in [0.05, 0.1) is 0 Å². The average molecular weight is 286 g/mol. The van der Waals surface area contributed by atoms with E-state index in [1.807, 2.05) is 5.32 Å². The Morgan fingerprint density at radius 3 is 2.11 bits per heavy atom. The molecular formula is C8H13F3N4O4. The number of carboxylic acids is 1. The van der Waals surface area contributed by atoms with Crippen LogP contribution < -0.4 is 16.4 Å². The fourth-order valence-electron chi connectivity index (χ4n) is 1.05. The van der Waals surface area contributed by atoms with E-state index >= 15 is 0 Å². The minimum atomic E-state index is -4.71. The molecule has 0 rings (SSSR count). The number of primary amides is 1. The summed E-state index contributed by atoms with van der Waals surface area (Å²) in [5.74, 6) is -1.57. The molecule has 0 radical (unpaired) electrons. The van der Waals surface area contributed by atoms with Gasteiger partial charge in [0.1, 0.15) is 13.1 Å². The van der Waals surface area contributed by atoms with Crippen molar-refractivity contribution in [3.05, 3.63) is 0 Å². The summed E-state index contributed by atoms with van der Waals surface area (Å²) in [6.07, 6.45) is -4.71. The highest BCUT2D eigenvalue weighted by Gasteiger charge is 2.33. The Balaban J connectivity index is 4.30. The zero-order chi connectivity index (χ0) is 15.1. The molecule has 0 aromatic heterocycles. The number of carbonyl (C=O) groups is 3. The third kappa shape index (κ3) is 9.50. The van der Waals surface area contributed by atoms with Gasteiger partial charge in [-0.15, -0.1) is 0 Å². The first-order valence-corrected chi connectivity index (χ1v) is 4.96. The first kappa shape index (κ1) is 16.8. The fraction of sp³-hybridized carbons (Fsp3) is 0.625. The second kappa shape index (κ2) is 7.28. The van der Waals surface area contributed by atoms with E-state index in [4.69, 9.17) is 10.8 Å². The lowest BCUT2D eigenvalue weighted by atomic mass is 10.4. The van der Waals surface area contributed by atoms with E-state index in [1.165, 1.54) is 0 Å². The number of aliphatic carboxylic acids is 1. The molecule has 8 nitrogen and oxygen atoms in total. The fourth-order valence-corrected chi connectivity index (χ4v) is 1.05. The van der Waals surface area contributed by atoms with Gasteiger partial charge in [0.15, 0.2) is 0 Å². The van der Waals surface area contributed by atoms with E-state index in [1.54, 1.807) is 0 Å². The van der Waals surface area contributed by atoms with E-state index in [0.29, 0.717) is 0 Å². The van der Waals surface area contributed by atoms with Gasteiger partial charge in [0.2, 0.25) is 0 Å². The molecule has 19 heavy (non-hydrogen) atoms. The Hall–Kier alpha value is -2.20. The summed E-state index contributed by atoms with van der Waals surface area (Å²) in [7, 11) is 0. The summed E-state index contributed by atoms with van der Waals surface area (Å²) >= 11 is 0. The van der Waals surface area contributed by atoms with Crippen LogP contribution in [0.15, 0.2) is 0 Å². The maximum atomic E-state index is 12.1. The van der Waals surface area contributed by atoms with Crippen molar-refractivity contribution in [2.24, 2.45) is 5.73 Å². The SMILES string of the molecule is NC(=O)NCCNC(=O)N(CC(=O)O)CC(F)(F)F. The van der Waals surface area contributed by atoms with Crippen LogP contribution in [-0.4, -0.2) is 60.4 Å². The van der Waals surface area contributed by atoms with E-state index in [0.717, 1.165) is 0 Å². The van der Waals surface area contributed by atoms with Gasteiger partial charge in [0, 0.05) is 13.1 Å². The van der Waals surface area contributed by atoms with Crippen molar-refractivity contribution in [2.45, 2.75) is 6.18 Å². The minimum Gasteiger partial charge on any atom is -0.480 e. The number of alkyl halides is 3. The molecule has 4 amide bonds. The molecule has 0 aliphatic carbocycles. The van der Waals surface area contributed by atoms with Crippen molar-refractivity contribution in [1.82, 2.24) is 15.5 Å². The molecule has 0 saturated carbocycles. The molecule has 0 unspecified atom stereocenters. The van der Waals surface area contributed by atoms with Crippen molar-refractivity contribution in [3.8, 4) is 0 Å². The summed E-state index contributed by atoms with van der Waals surface area (Å²) in [6, 6.07) is -2.06.